The van der Waals surface area contributed by atoms with Crippen LogP contribution in [-0.4, -0.2) is 57.1 Å². The van der Waals surface area contributed by atoms with Crippen molar-refractivity contribution in [2.45, 2.75) is 0 Å². The molecule has 0 saturated heterocycles. The van der Waals surface area contributed by atoms with Gasteiger partial charge in [-0.1, -0.05) is 0 Å². The van der Waals surface area contributed by atoms with E-state index in [-0.39, 0.29) is 3.27 Å². The average molecular weight is 701 g/mol. The zero-order chi connectivity index (χ0) is 27.4. The summed E-state index contributed by atoms with van der Waals surface area (Å²) in [5.74, 6) is 0. The summed E-state index contributed by atoms with van der Waals surface area (Å²) in [5, 5.41) is 61.8. The molecule has 2 N–H and O–H groups in total. The summed E-state index contributed by atoms with van der Waals surface area (Å²) in [6, 6.07) is 20.5. The van der Waals surface area contributed by atoms with Crippen molar-refractivity contribution in [3.8, 4) is 0 Å². The number of benzene rings is 3. The molecule has 17 nitrogen and oxygen atoms in total. The van der Waals surface area contributed by atoms with Gasteiger partial charge in [-0.3, -0.25) is 0 Å². The molecule has 0 aromatic heterocycles. The van der Waals surface area contributed by atoms with Crippen molar-refractivity contribution in [3.05, 3.63) is 123 Å². The van der Waals surface area contributed by atoms with E-state index in [4.69, 9.17) is 30.6 Å². The first kappa shape index (κ1) is 29.2. The van der Waals surface area contributed by atoms with Crippen LogP contribution >= 0.6 is 0 Å². The van der Waals surface area contributed by atoms with Crippen molar-refractivity contribution in [2.24, 2.45) is 0 Å². The maximum atomic E-state index is 11.8. The fraction of sp³-hybridized carbons (Fsp3) is 0. The van der Waals surface area contributed by atoms with Crippen LogP contribution < -0.4 is 9.81 Å². The summed E-state index contributed by atoms with van der Waals surface area (Å²) in [7, 11) is 0. The minimum atomic E-state index is -3.33. The van der Waals surface area contributed by atoms with Gasteiger partial charge in [-0.15, -0.1) is 20.2 Å². The molecule has 0 bridgehead atoms. The van der Waals surface area contributed by atoms with Crippen molar-refractivity contribution in [1.82, 2.24) is 0 Å². The van der Waals surface area contributed by atoms with Gasteiger partial charge in [-0.2, -0.15) is 0 Å². The van der Waals surface area contributed by atoms with E-state index >= 15 is 0 Å². The van der Waals surface area contributed by atoms with Crippen LogP contribution in [0, 0.1) is 50.6 Å². The second-order valence-electron chi connectivity index (χ2n) is 6.05. The zero-order valence-electron chi connectivity index (χ0n) is 17.6. The molecule has 3 aromatic carbocycles. The third kappa shape index (κ3) is 8.49. The van der Waals surface area contributed by atoms with Crippen LogP contribution in [0.3, 0.4) is 0 Å². The number of rotatable bonds is 6. The van der Waals surface area contributed by atoms with Gasteiger partial charge >= 0.3 is 167 Å². The quantitative estimate of drug-likeness (QED) is 0.209. The van der Waals surface area contributed by atoms with E-state index in [2.05, 4.69) is 0 Å². The third-order valence-electron chi connectivity index (χ3n) is 3.94. The van der Waals surface area contributed by atoms with Crippen LogP contribution in [0.5, 0.6) is 0 Å². The molecule has 36 heavy (non-hydrogen) atoms. The van der Waals surface area contributed by atoms with Gasteiger partial charge in [-0.25, -0.2) is 0 Å². The Balaban J connectivity index is 0.000000709. The van der Waals surface area contributed by atoms with Crippen molar-refractivity contribution < 1.29 is 35.4 Å². The fourth-order valence-corrected chi connectivity index (χ4v) is 12.2. The van der Waals surface area contributed by atoms with E-state index in [1.165, 1.54) is 6.07 Å². The summed E-state index contributed by atoms with van der Waals surface area (Å²) < 4.78 is 1.96. The monoisotopic (exact) mass is 701 g/mol. The van der Waals surface area contributed by atoms with E-state index in [0.29, 0.717) is 0 Å². The predicted octanol–water partition coefficient (Wildman–Crippen LogP) is 1.23. The van der Waals surface area contributed by atoms with Crippen LogP contribution in [0.1, 0.15) is 0 Å². The van der Waals surface area contributed by atoms with Crippen LogP contribution in [0.15, 0.2) is 72.8 Å². The standard InChI is InChI=1S/C6H2N3O6.2C6H5.Bi.2HNO3/c10-7(11)4-2-1-3-5(8(12)13)6(4)9(14)15;2*1-2-4-6-5-3-1;;2*2-1(3)4/h1-2H;2*1-5H;;2*(H,2,3,4). The topological polar surface area (TPSA) is 256 Å². The molecule has 0 spiro atoms. The van der Waals surface area contributed by atoms with E-state index in [0.717, 1.165) is 12.6 Å². The molecule has 0 atom stereocenters. The molecule has 188 valence electrons. The second-order valence-corrected chi connectivity index (χ2v) is 14.6. The SMILES string of the molecule is O=[N+]([O-])O.O=[N+]([O-])O.O=[N+]([O-])c1cc[c]([Bi]([c]2ccccc2)[c]2ccccc2)c([N+](=O)[O-])c1[N+](=O)[O-]. The van der Waals surface area contributed by atoms with Crippen LogP contribution in [0.4, 0.5) is 17.1 Å². The number of nitro benzene ring substituents is 3. The Morgan fingerprint density at radius 2 is 0.889 bits per heavy atom. The molecule has 3 rings (SSSR count). The van der Waals surface area contributed by atoms with Gasteiger partial charge in [0.15, 0.2) is 0 Å². The second kappa shape index (κ2) is 13.8. The number of hydrogen-bond donors (Lipinski definition) is 2. The molecule has 0 heterocycles. The van der Waals surface area contributed by atoms with Gasteiger partial charge in [0.1, 0.15) is 0 Å². The van der Waals surface area contributed by atoms with Gasteiger partial charge in [0, 0.05) is 0 Å². The molecule has 0 amide bonds. The first-order chi connectivity index (χ1) is 16.9. The number of hydrogen-bond acceptors (Lipinski definition) is 10. The first-order valence-electron chi connectivity index (χ1n) is 9.05. The Kier molecular flexibility index (Phi) is 11.1. The van der Waals surface area contributed by atoms with Crippen molar-refractivity contribution in [3.63, 3.8) is 0 Å². The van der Waals surface area contributed by atoms with Gasteiger partial charge in [0.25, 0.3) is 10.2 Å². The van der Waals surface area contributed by atoms with Crippen molar-refractivity contribution in [1.29, 1.82) is 0 Å². The molecule has 0 unspecified atom stereocenters. The molecule has 0 radical (unpaired) electrons. The van der Waals surface area contributed by atoms with E-state index < -0.39 is 63.8 Å². The van der Waals surface area contributed by atoms with Gasteiger partial charge in [0.2, 0.25) is 0 Å². The van der Waals surface area contributed by atoms with Crippen LogP contribution in [-0.2, 0) is 0 Å². The fourth-order valence-electron chi connectivity index (χ4n) is 2.83. The third-order valence-corrected chi connectivity index (χ3v) is 13.5. The summed E-state index contributed by atoms with van der Waals surface area (Å²) >= 11 is -3.33. The Morgan fingerprint density at radius 1 is 0.528 bits per heavy atom. The normalized spacial score (nSPS) is 9.58. The van der Waals surface area contributed by atoms with E-state index in [9.17, 15) is 30.3 Å². The van der Waals surface area contributed by atoms with Gasteiger partial charge in [-0.05, 0) is 0 Å². The molecular formula is C18H14BiN5O12. The van der Waals surface area contributed by atoms with E-state index in [1.807, 2.05) is 36.4 Å². The molecule has 0 fully saturated rings. The number of nitrogens with zero attached hydrogens (tertiary/aromatic N) is 5. The average Bonchev–Trinajstić information content (AvgIpc) is 2.79. The van der Waals surface area contributed by atoms with E-state index in [1.54, 1.807) is 24.3 Å². The number of nitro groups is 3. The minimum absolute atomic E-state index is 0.217. The maximum absolute atomic E-state index is 11.8. The Labute approximate surface area is 207 Å². The predicted molar refractivity (Wildman–Crippen MR) is 122 cm³/mol. The Bertz CT molecular complexity index is 1200. The molecule has 0 aliphatic heterocycles. The Hall–Kier alpha value is -4.86. The van der Waals surface area contributed by atoms with Crippen LogP contribution in [0.25, 0.3) is 0 Å². The summed E-state index contributed by atoms with van der Waals surface area (Å²) in [4.78, 5) is 48.4. The summed E-state index contributed by atoms with van der Waals surface area (Å²) in [6.07, 6.45) is 0. The molecule has 3 aromatic rings. The molecule has 0 aliphatic carbocycles. The molecule has 0 aliphatic rings. The van der Waals surface area contributed by atoms with Gasteiger partial charge < -0.3 is 10.4 Å². The first-order valence-corrected chi connectivity index (χ1v) is 14.3. The van der Waals surface area contributed by atoms with Crippen LogP contribution in [0.2, 0.25) is 0 Å². The molecule has 0 saturated carbocycles. The Morgan fingerprint density at radius 3 is 1.19 bits per heavy atom. The molecule has 18 heteroatoms. The van der Waals surface area contributed by atoms with Crippen molar-refractivity contribution in [2.75, 3.05) is 0 Å². The van der Waals surface area contributed by atoms with Gasteiger partial charge in [0.05, 0.1) is 0 Å². The molecular weight excluding hydrogens is 687 g/mol. The van der Waals surface area contributed by atoms with Crippen molar-refractivity contribution >= 4 is 48.6 Å². The summed E-state index contributed by atoms with van der Waals surface area (Å²) in [6.45, 7) is 0. The zero-order valence-corrected chi connectivity index (χ0v) is 21.1. The summed E-state index contributed by atoms with van der Waals surface area (Å²) in [5.41, 5.74) is -2.74.